The predicted molar refractivity (Wildman–Crippen MR) is 133 cm³/mol. The zero-order chi connectivity index (χ0) is 24.5. The molecule has 1 unspecified atom stereocenters. The minimum atomic E-state index is -0.829. The summed E-state index contributed by atoms with van der Waals surface area (Å²) >= 11 is 15.3. The van der Waals surface area contributed by atoms with Crippen LogP contribution in [-0.4, -0.2) is 37.8 Å². The number of carbonyl (C=O) groups is 2. The van der Waals surface area contributed by atoms with Crippen molar-refractivity contribution in [1.29, 1.82) is 0 Å². The Morgan fingerprint density at radius 1 is 1.24 bits per heavy atom. The molecule has 2 rings (SSSR count). The van der Waals surface area contributed by atoms with Crippen molar-refractivity contribution in [1.82, 2.24) is 10.7 Å². The van der Waals surface area contributed by atoms with Crippen LogP contribution >= 0.6 is 39.1 Å². The first-order chi connectivity index (χ1) is 15.7. The number of benzene rings is 2. The van der Waals surface area contributed by atoms with Gasteiger partial charge in [-0.05, 0) is 57.7 Å². The Labute approximate surface area is 210 Å². The largest absolute Gasteiger partial charge is 0.493 e. The van der Waals surface area contributed by atoms with Crippen molar-refractivity contribution < 1.29 is 19.1 Å². The van der Waals surface area contributed by atoms with Gasteiger partial charge in [0.15, 0.2) is 11.5 Å². The van der Waals surface area contributed by atoms with Gasteiger partial charge in [0.1, 0.15) is 12.6 Å². The molecule has 7 nitrogen and oxygen atoms in total. The van der Waals surface area contributed by atoms with Gasteiger partial charge in [0.2, 0.25) is 0 Å². The van der Waals surface area contributed by atoms with Crippen LogP contribution in [0.5, 0.6) is 11.5 Å². The van der Waals surface area contributed by atoms with Gasteiger partial charge in [-0.3, -0.25) is 9.59 Å². The van der Waals surface area contributed by atoms with Crippen molar-refractivity contribution in [2.75, 3.05) is 13.7 Å². The summed E-state index contributed by atoms with van der Waals surface area (Å²) in [6.45, 7) is 3.70. The average Bonchev–Trinajstić information content (AvgIpc) is 2.77. The lowest BCUT2D eigenvalue weighted by molar-refractivity contribution is -0.123. The molecule has 0 fully saturated rings. The quantitative estimate of drug-likeness (QED) is 0.267. The van der Waals surface area contributed by atoms with E-state index in [9.17, 15) is 9.59 Å². The molecule has 174 valence electrons. The van der Waals surface area contributed by atoms with Crippen LogP contribution in [0.3, 0.4) is 0 Å². The Bertz CT molecular complexity index is 1100. The lowest BCUT2D eigenvalue weighted by Crippen LogP contribution is -2.48. The molecule has 0 saturated heterocycles. The minimum Gasteiger partial charge on any atom is -0.493 e. The second-order valence-corrected chi connectivity index (χ2v) is 8.75. The zero-order valence-corrected chi connectivity index (χ0v) is 21.2. The van der Waals surface area contributed by atoms with Gasteiger partial charge < -0.3 is 14.8 Å². The fourth-order valence-corrected chi connectivity index (χ4v) is 3.58. The van der Waals surface area contributed by atoms with Gasteiger partial charge in [0.05, 0.1) is 27.8 Å². The summed E-state index contributed by atoms with van der Waals surface area (Å²) in [5.41, 5.74) is 3.37. The highest BCUT2D eigenvalue weighted by Crippen LogP contribution is 2.36. The number of nitrogens with zero attached hydrogens (tertiary/aromatic N) is 1. The number of terminal acetylenes is 1. The summed E-state index contributed by atoms with van der Waals surface area (Å²) in [7, 11) is 1.50. The van der Waals surface area contributed by atoms with E-state index in [0.717, 1.165) is 0 Å². The van der Waals surface area contributed by atoms with Gasteiger partial charge in [-0.15, -0.1) is 6.42 Å². The average molecular weight is 555 g/mol. The molecule has 33 heavy (non-hydrogen) atoms. The molecule has 2 aromatic rings. The highest BCUT2D eigenvalue weighted by atomic mass is 79.9. The fraction of sp³-hybridized carbons (Fsp3) is 0.261. The van der Waals surface area contributed by atoms with Crippen molar-refractivity contribution in [2.45, 2.75) is 19.9 Å². The van der Waals surface area contributed by atoms with E-state index in [4.69, 9.17) is 39.1 Å². The lowest BCUT2D eigenvalue weighted by atomic mass is 10.0. The van der Waals surface area contributed by atoms with Crippen molar-refractivity contribution in [2.24, 2.45) is 11.0 Å². The standard InChI is InChI=1S/C23H22BrCl2N3O4/c1-5-8-33-21-16(24)9-14(10-19(21)32-4)12-27-29-23(31)20(13(2)3)28-22(30)15-6-7-17(25)18(26)11-15/h1,6-7,9-13,20H,8H2,2-4H3,(H,28,30)(H,29,31). The van der Waals surface area contributed by atoms with Crippen LogP contribution in [0.1, 0.15) is 29.8 Å². The molecule has 0 heterocycles. The monoisotopic (exact) mass is 553 g/mol. The first kappa shape index (κ1) is 26.5. The van der Waals surface area contributed by atoms with E-state index in [1.54, 1.807) is 26.0 Å². The SMILES string of the molecule is C#CCOc1c(Br)cc(C=NNC(=O)C(NC(=O)c2ccc(Cl)c(Cl)c2)C(C)C)cc1OC. The molecule has 0 bridgehead atoms. The summed E-state index contributed by atoms with van der Waals surface area (Å²) in [4.78, 5) is 25.2. The van der Waals surface area contributed by atoms with Gasteiger partial charge in [0.25, 0.3) is 11.8 Å². The molecule has 0 aliphatic rings. The van der Waals surface area contributed by atoms with Crippen molar-refractivity contribution in [3.63, 3.8) is 0 Å². The van der Waals surface area contributed by atoms with Crippen molar-refractivity contribution in [3.8, 4) is 23.8 Å². The van der Waals surface area contributed by atoms with E-state index < -0.39 is 17.9 Å². The Kier molecular flexibility index (Phi) is 10.0. The number of nitrogens with one attached hydrogen (secondary N) is 2. The van der Waals surface area contributed by atoms with E-state index in [-0.39, 0.29) is 23.1 Å². The van der Waals surface area contributed by atoms with Crippen LogP contribution in [0.4, 0.5) is 0 Å². The fourth-order valence-electron chi connectivity index (χ4n) is 2.71. The predicted octanol–water partition coefficient (Wildman–Crippen LogP) is 4.68. The van der Waals surface area contributed by atoms with Crippen LogP contribution in [0, 0.1) is 18.3 Å². The third kappa shape index (κ3) is 7.39. The molecule has 2 N–H and O–H groups in total. The summed E-state index contributed by atoms with van der Waals surface area (Å²) in [5, 5.41) is 7.27. The van der Waals surface area contributed by atoms with Crippen LogP contribution in [0.25, 0.3) is 0 Å². The molecule has 1 atom stereocenters. The van der Waals surface area contributed by atoms with Crippen molar-refractivity contribution >= 4 is 57.2 Å². The molecule has 0 radical (unpaired) electrons. The molecule has 0 saturated carbocycles. The lowest BCUT2D eigenvalue weighted by Gasteiger charge is -2.20. The van der Waals surface area contributed by atoms with Crippen LogP contribution < -0.4 is 20.2 Å². The van der Waals surface area contributed by atoms with E-state index in [2.05, 4.69) is 37.7 Å². The number of hydrogen-bond donors (Lipinski definition) is 2. The number of ether oxygens (including phenoxy) is 2. The van der Waals surface area contributed by atoms with E-state index in [1.807, 2.05) is 0 Å². The molecule has 10 heteroatoms. The number of amides is 2. The number of rotatable bonds is 9. The maximum atomic E-state index is 12.7. The molecular formula is C23H22BrCl2N3O4. The summed E-state index contributed by atoms with van der Waals surface area (Å²) in [5.74, 6) is 2.16. The van der Waals surface area contributed by atoms with Crippen LogP contribution in [0.15, 0.2) is 39.9 Å². The Morgan fingerprint density at radius 2 is 1.97 bits per heavy atom. The number of hydrazone groups is 1. The molecule has 2 aromatic carbocycles. The normalized spacial score (nSPS) is 11.7. The van der Waals surface area contributed by atoms with Gasteiger partial charge in [-0.2, -0.15) is 5.10 Å². The highest BCUT2D eigenvalue weighted by Gasteiger charge is 2.24. The first-order valence-corrected chi connectivity index (χ1v) is 11.3. The van der Waals surface area contributed by atoms with Gasteiger partial charge in [0, 0.05) is 5.56 Å². The topological polar surface area (TPSA) is 89.0 Å². The molecule has 0 aliphatic carbocycles. The highest BCUT2D eigenvalue weighted by molar-refractivity contribution is 9.10. The zero-order valence-electron chi connectivity index (χ0n) is 18.1. The molecule has 0 spiro atoms. The second kappa shape index (κ2) is 12.5. The molecular weight excluding hydrogens is 533 g/mol. The number of hydrogen-bond acceptors (Lipinski definition) is 5. The molecule has 2 amide bonds. The summed E-state index contributed by atoms with van der Waals surface area (Å²) in [6.07, 6.45) is 6.67. The number of methoxy groups -OCH3 is 1. The molecule has 0 aromatic heterocycles. The maximum absolute atomic E-state index is 12.7. The third-order valence-corrected chi connectivity index (χ3v) is 5.69. The maximum Gasteiger partial charge on any atom is 0.262 e. The van der Waals surface area contributed by atoms with Crippen LogP contribution in [-0.2, 0) is 4.79 Å². The van der Waals surface area contributed by atoms with Crippen LogP contribution in [0.2, 0.25) is 10.0 Å². The smallest absolute Gasteiger partial charge is 0.262 e. The number of halogens is 3. The minimum absolute atomic E-state index is 0.0863. The Balaban J connectivity index is 2.10. The summed E-state index contributed by atoms with van der Waals surface area (Å²) in [6, 6.07) is 7.07. The van der Waals surface area contributed by atoms with E-state index in [0.29, 0.717) is 26.6 Å². The molecule has 0 aliphatic heterocycles. The Morgan fingerprint density at radius 3 is 2.58 bits per heavy atom. The van der Waals surface area contributed by atoms with E-state index in [1.165, 1.54) is 31.5 Å². The van der Waals surface area contributed by atoms with Gasteiger partial charge in [-0.1, -0.05) is 43.0 Å². The van der Waals surface area contributed by atoms with E-state index >= 15 is 0 Å². The van der Waals surface area contributed by atoms with Gasteiger partial charge >= 0.3 is 0 Å². The number of carbonyl (C=O) groups excluding carboxylic acids is 2. The summed E-state index contributed by atoms with van der Waals surface area (Å²) < 4.78 is 11.4. The second-order valence-electron chi connectivity index (χ2n) is 7.09. The van der Waals surface area contributed by atoms with Crippen molar-refractivity contribution in [3.05, 3.63) is 56.0 Å². The third-order valence-electron chi connectivity index (χ3n) is 4.36. The van der Waals surface area contributed by atoms with Gasteiger partial charge in [-0.25, -0.2) is 5.43 Å². The first-order valence-electron chi connectivity index (χ1n) is 9.70. The Hall–Kier alpha value is -2.73.